The van der Waals surface area contributed by atoms with Crippen molar-refractivity contribution in [2.24, 2.45) is 0 Å². The lowest BCUT2D eigenvalue weighted by Crippen LogP contribution is -2.17. The second-order valence-corrected chi connectivity index (χ2v) is 3.79. The number of hydrogen-bond donors (Lipinski definition) is 0. The zero-order chi connectivity index (χ0) is 14.1. The predicted octanol–water partition coefficient (Wildman–Crippen LogP) is 3.59. The molecule has 1 rings (SSSR count). The molecule has 9 heteroatoms. The van der Waals surface area contributed by atoms with Crippen LogP contribution < -0.4 is 0 Å². The summed E-state index contributed by atoms with van der Waals surface area (Å²) in [5.41, 5.74) is -4.04. The van der Waals surface area contributed by atoms with E-state index in [-0.39, 0.29) is 0 Å². The Kier molecular flexibility index (Phi) is 4.25. The second kappa shape index (κ2) is 5.17. The Labute approximate surface area is 106 Å². The summed E-state index contributed by atoms with van der Waals surface area (Å²) in [4.78, 5) is 14.4. The highest BCUT2D eigenvalue weighted by Crippen LogP contribution is 2.41. The summed E-state index contributed by atoms with van der Waals surface area (Å²) in [6, 6.07) is 0. The van der Waals surface area contributed by atoms with Gasteiger partial charge in [0.25, 0.3) is 6.43 Å². The van der Waals surface area contributed by atoms with Gasteiger partial charge in [0.2, 0.25) is 0 Å². The Hall–Kier alpha value is -1.25. The van der Waals surface area contributed by atoms with E-state index in [2.05, 4.69) is 25.7 Å². The van der Waals surface area contributed by atoms with Gasteiger partial charge in [0.15, 0.2) is 0 Å². The number of nitrogens with zero attached hydrogens (tertiary/aromatic N) is 1. The van der Waals surface area contributed by atoms with Crippen LogP contribution in [0.4, 0.5) is 22.0 Å². The van der Waals surface area contributed by atoms with Gasteiger partial charge < -0.3 is 4.74 Å². The molecule has 0 amide bonds. The molecule has 0 fully saturated rings. The maximum Gasteiger partial charge on any atom is 0.419 e. The summed E-state index contributed by atoms with van der Waals surface area (Å²) in [5.74, 6) is -1.31. The highest BCUT2D eigenvalue weighted by molar-refractivity contribution is 9.10. The molecule has 100 valence electrons. The van der Waals surface area contributed by atoms with E-state index in [1.165, 1.54) is 0 Å². The number of rotatable bonds is 2. The molecule has 0 unspecified atom stereocenters. The van der Waals surface area contributed by atoms with Crippen molar-refractivity contribution in [1.29, 1.82) is 0 Å². The molecule has 0 bridgehead atoms. The number of pyridine rings is 1. The quantitative estimate of drug-likeness (QED) is 0.471. The molecule has 18 heavy (non-hydrogen) atoms. The van der Waals surface area contributed by atoms with Crippen LogP contribution in [0.5, 0.6) is 0 Å². The van der Waals surface area contributed by atoms with Gasteiger partial charge in [0.05, 0.1) is 18.2 Å². The van der Waals surface area contributed by atoms with Gasteiger partial charge in [-0.2, -0.15) is 13.2 Å². The summed E-state index contributed by atoms with van der Waals surface area (Å²) < 4.78 is 66.8. The van der Waals surface area contributed by atoms with E-state index < -0.39 is 39.9 Å². The van der Waals surface area contributed by atoms with E-state index in [1.54, 1.807) is 0 Å². The molecular weight excluding hydrogens is 329 g/mol. The lowest BCUT2D eigenvalue weighted by atomic mass is 10.0. The van der Waals surface area contributed by atoms with Crippen molar-refractivity contribution < 1.29 is 31.5 Å². The molecule has 0 radical (unpaired) electrons. The fraction of sp³-hybridized carbons (Fsp3) is 0.333. The van der Waals surface area contributed by atoms with E-state index in [0.29, 0.717) is 6.20 Å². The molecule has 0 aliphatic rings. The van der Waals surface area contributed by atoms with E-state index in [9.17, 15) is 26.7 Å². The van der Waals surface area contributed by atoms with Crippen LogP contribution in [-0.4, -0.2) is 18.1 Å². The fourth-order valence-corrected chi connectivity index (χ4v) is 1.81. The Morgan fingerprint density at radius 3 is 2.39 bits per heavy atom. The maximum absolute atomic E-state index is 12.7. The van der Waals surface area contributed by atoms with Crippen LogP contribution in [-0.2, 0) is 10.9 Å². The van der Waals surface area contributed by atoms with Crippen molar-refractivity contribution in [3.8, 4) is 0 Å². The molecule has 3 nitrogen and oxygen atoms in total. The molecule has 0 atom stereocenters. The summed E-state index contributed by atoms with van der Waals surface area (Å²) in [6.45, 7) is 0. The van der Waals surface area contributed by atoms with Crippen molar-refractivity contribution in [2.75, 3.05) is 7.11 Å². The number of carbonyl (C=O) groups is 1. The zero-order valence-corrected chi connectivity index (χ0v) is 10.3. The van der Waals surface area contributed by atoms with Crippen LogP contribution in [0.15, 0.2) is 10.8 Å². The smallest absolute Gasteiger partial charge is 0.419 e. The largest absolute Gasteiger partial charge is 0.465 e. The van der Waals surface area contributed by atoms with Crippen molar-refractivity contribution >= 4 is 21.9 Å². The highest BCUT2D eigenvalue weighted by Gasteiger charge is 2.41. The molecule has 0 aliphatic heterocycles. The molecule has 0 saturated carbocycles. The topological polar surface area (TPSA) is 39.2 Å². The first-order valence-corrected chi connectivity index (χ1v) is 5.11. The first-order valence-electron chi connectivity index (χ1n) is 4.32. The standard InChI is InChI=1S/C9H5BrF5NO2/c1-18-8(17)3-2-16-6(10)5(9(13,14)15)4(3)7(11)12/h2,7H,1H3. The summed E-state index contributed by atoms with van der Waals surface area (Å²) in [5, 5.41) is 0. The number of carbonyl (C=O) groups excluding carboxylic acids is 1. The van der Waals surface area contributed by atoms with Crippen LogP contribution >= 0.6 is 15.9 Å². The molecule has 0 aromatic carbocycles. The average Bonchev–Trinajstić information content (AvgIpc) is 2.25. The van der Waals surface area contributed by atoms with Crippen molar-refractivity contribution in [3.05, 3.63) is 27.5 Å². The normalized spacial score (nSPS) is 11.8. The number of esters is 1. The first-order chi connectivity index (χ1) is 8.20. The molecular formula is C9H5BrF5NO2. The molecule has 0 aliphatic carbocycles. The van der Waals surface area contributed by atoms with Gasteiger partial charge in [-0.05, 0) is 15.9 Å². The van der Waals surface area contributed by atoms with Crippen LogP contribution in [0.3, 0.4) is 0 Å². The summed E-state index contributed by atoms with van der Waals surface area (Å²) in [7, 11) is 0.868. The van der Waals surface area contributed by atoms with Crippen molar-refractivity contribution in [3.63, 3.8) is 0 Å². The third-order valence-electron chi connectivity index (χ3n) is 1.98. The minimum Gasteiger partial charge on any atom is -0.465 e. The fourth-order valence-electron chi connectivity index (χ4n) is 1.27. The number of aromatic nitrogens is 1. The third kappa shape index (κ3) is 2.77. The number of ether oxygens (including phenoxy) is 1. The SMILES string of the molecule is COC(=O)c1cnc(Br)c(C(F)(F)F)c1C(F)F. The Morgan fingerprint density at radius 2 is 2.00 bits per heavy atom. The number of halogens is 6. The maximum atomic E-state index is 12.7. The van der Waals surface area contributed by atoms with Gasteiger partial charge in [0.1, 0.15) is 4.60 Å². The lowest BCUT2D eigenvalue weighted by molar-refractivity contribution is -0.140. The summed E-state index contributed by atoms with van der Waals surface area (Å²) >= 11 is 2.44. The highest BCUT2D eigenvalue weighted by atomic mass is 79.9. The van der Waals surface area contributed by atoms with Crippen LogP contribution in [0.1, 0.15) is 27.9 Å². The van der Waals surface area contributed by atoms with Crippen molar-refractivity contribution in [2.45, 2.75) is 12.6 Å². The molecule has 1 heterocycles. The monoisotopic (exact) mass is 333 g/mol. The van der Waals surface area contributed by atoms with Gasteiger partial charge in [-0.15, -0.1) is 0 Å². The van der Waals surface area contributed by atoms with E-state index in [0.717, 1.165) is 7.11 Å². The van der Waals surface area contributed by atoms with Crippen LogP contribution in [0.2, 0.25) is 0 Å². The Bertz CT molecular complexity index is 475. The number of alkyl halides is 5. The Morgan fingerprint density at radius 1 is 1.44 bits per heavy atom. The molecule has 0 saturated heterocycles. The van der Waals surface area contributed by atoms with Gasteiger partial charge >= 0.3 is 12.1 Å². The van der Waals surface area contributed by atoms with E-state index in [1.807, 2.05) is 0 Å². The average molecular weight is 334 g/mol. The molecule has 1 aromatic rings. The van der Waals surface area contributed by atoms with E-state index in [4.69, 9.17) is 0 Å². The first kappa shape index (κ1) is 14.8. The second-order valence-electron chi connectivity index (χ2n) is 3.04. The Balaban J connectivity index is 3.64. The van der Waals surface area contributed by atoms with Crippen molar-refractivity contribution in [1.82, 2.24) is 4.98 Å². The van der Waals surface area contributed by atoms with E-state index >= 15 is 0 Å². The summed E-state index contributed by atoms with van der Waals surface area (Å²) in [6.07, 6.45) is -7.95. The molecule has 0 spiro atoms. The minimum atomic E-state index is -5.07. The van der Waals surface area contributed by atoms with Crippen LogP contribution in [0, 0.1) is 0 Å². The third-order valence-corrected chi connectivity index (χ3v) is 2.58. The number of hydrogen-bond acceptors (Lipinski definition) is 3. The zero-order valence-electron chi connectivity index (χ0n) is 8.69. The molecule has 0 N–H and O–H groups in total. The van der Waals surface area contributed by atoms with Gasteiger partial charge in [0, 0.05) is 11.8 Å². The van der Waals surface area contributed by atoms with Gasteiger partial charge in [-0.3, -0.25) is 0 Å². The van der Waals surface area contributed by atoms with Gasteiger partial charge in [-0.1, -0.05) is 0 Å². The predicted molar refractivity (Wildman–Crippen MR) is 53.2 cm³/mol. The van der Waals surface area contributed by atoms with Crippen LogP contribution in [0.25, 0.3) is 0 Å². The minimum absolute atomic E-state index is 0.604. The lowest BCUT2D eigenvalue weighted by Gasteiger charge is -2.16. The molecule has 1 aromatic heterocycles. The number of methoxy groups -OCH3 is 1. The van der Waals surface area contributed by atoms with Gasteiger partial charge in [-0.25, -0.2) is 18.6 Å².